The minimum atomic E-state index is 0.551. The van der Waals surface area contributed by atoms with Gasteiger partial charge in [-0.05, 0) is 27.6 Å². The van der Waals surface area contributed by atoms with Gasteiger partial charge in [-0.25, -0.2) is 0 Å². The van der Waals surface area contributed by atoms with E-state index in [1.807, 2.05) is 18.2 Å². The first-order valence-electron chi connectivity index (χ1n) is 4.32. The molecule has 0 heterocycles. The molecule has 1 rings (SSSR count). The lowest BCUT2D eigenvalue weighted by Crippen LogP contribution is -2.04. The highest BCUT2D eigenvalue weighted by atomic mass is 79.9. The lowest BCUT2D eigenvalue weighted by atomic mass is 10.2. The van der Waals surface area contributed by atoms with Gasteiger partial charge in [-0.2, -0.15) is 0 Å². The maximum atomic E-state index is 5.50. The molecule has 0 saturated heterocycles. The zero-order valence-electron chi connectivity index (χ0n) is 8.13. The molecular weight excluding hydrogens is 244 g/mol. The Balaban J connectivity index is 2.71. The van der Waals surface area contributed by atoms with Crippen LogP contribution in [-0.2, 0) is 4.74 Å². The second-order valence-electron chi connectivity index (χ2n) is 2.70. The van der Waals surface area contributed by atoms with Gasteiger partial charge in [0.1, 0.15) is 12.4 Å². The van der Waals surface area contributed by atoms with Gasteiger partial charge in [0.15, 0.2) is 0 Å². The first kappa shape index (κ1) is 11.3. The highest BCUT2D eigenvalue weighted by Gasteiger charge is 2.03. The van der Waals surface area contributed by atoms with Gasteiger partial charge >= 0.3 is 0 Å². The van der Waals surface area contributed by atoms with Crippen LogP contribution in [0.2, 0.25) is 0 Å². The Labute approximate surface area is 92.7 Å². The van der Waals surface area contributed by atoms with Gasteiger partial charge in [-0.3, -0.25) is 0 Å². The van der Waals surface area contributed by atoms with Crippen molar-refractivity contribution < 1.29 is 9.47 Å². The predicted octanol–water partition coefficient (Wildman–Crippen LogP) is 3.12. The van der Waals surface area contributed by atoms with Crippen LogP contribution in [0, 0.1) is 0 Å². The van der Waals surface area contributed by atoms with Crippen LogP contribution in [0.25, 0.3) is 6.08 Å². The van der Waals surface area contributed by atoms with Crippen LogP contribution in [0.5, 0.6) is 5.75 Å². The van der Waals surface area contributed by atoms with Crippen LogP contribution in [-0.4, -0.2) is 20.3 Å². The maximum absolute atomic E-state index is 5.50. The van der Waals surface area contributed by atoms with Gasteiger partial charge in [0.25, 0.3) is 0 Å². The van der Waals surface area contributed by atoms with Crippen LogP contribution < -0.4 is 4.74 Å². The summed E-state index contributed by atoms with van der Waals surface area (Å²) in [6.07, 6.45) is 1.78. The van der Waals surface area contributed by atoms with Crippen molar-refractivity contribution in [2.24, 2.45) is 0 Å². The molecule has 0 amide bonds. The Bertz CT molecular complexity index is 310. The number of ether oxygens (including phenoxy) is 2. The smallest absolute Gasteiger partial charge is 0.134 e. The molecule has 1 aromatic carbocycles. The molecule has 0 aliphatic rings. The average Bonchev–Trinajstić information content (AvgIpc) is 2.21. The molecule has 2 nitrogen and oxygen atoms in total. The summed E-state index contributed by atoms with van der Waals surface area (Å²) in [5.41, 5.74) is 1.03. The molecule has 0 aromatic heterocycles. The molecule has 76 valence electrons. The Kier molecular flexibility index (Phi) is 4.70. The molecule has 0 N–H and O–H groups in total. The quantitative estimate of drug-likeness (QED) is 0.754. The Morgan fingerprint density at radius 2 is 2.21 bits per heavy atom. The predicted molar refractivity (Wildman–Crippen MR) is 61.6 cm³/mol. The summed E-state index contributed by atoms with van der Waals surface area (Å²) in [6.45, 7) is 4.86. The lowest BCUT2D eigenvalue weighted by Gasteiger charge is -2.08. The summed E-state index contributed by atoms with van der Waals surface area (Å²) >= 11 is 3.46. The van der Waals surface area contributed by atoms with Crippen molar-refractivity contribution in [2.75, 3.05) is 20.3 Å². The second-order valence-corrected chi connectivity index (χ2v) is 3.50. The first-order chi connectivity index (χ1) is 6.79. The zero-order valence-corrected chi connectivity index (χ0v) is 9.71. The summed E-state index contributed by atoms with van der Waals surface area (Å²) in [7, 11) is 1.65. The number of methoxy groups -OCH3 is 1. The molecule has 0 saturated carbocycles. The van der Waals surface area contributed by atoms with Gasteiger partial charge in [0.2, 0.25) is 0 Å². The van der Waals surface area contributed by atoms with Crippen LogP contribution in [0.15, 0.2) is 29.3 Å². The number of hydrogen-bond acceptors (Lipinski definition) is 2. The van der Waals surface area contributed by atoms with Crippen LogP contribution >= 0.6 is 15.9 Å². The average molecular weight is 257 g/mol. The van der Waals surface area contributed by atoms with Gasteiger partial charge in [-0.15, -0.1) is 0 Å². The number of rotatable bonds is 5. The monoisotopic (exact) mass is 256 g/mol. The third-order valence-electron chi connectivity index (χ3n) is 1.76. The molecule has 0 bridgehead atoms. The fourth-order valence-electron chi connectivity index (χ4n) is 1.03. The molecule has 0 radical (unpaired) electrons. The molecule has 0 atom stereocenters. The lowest BCUT2D eigenvalue weighted by molar-refractivity contribution is 0.146. The maximum Gasteiger partial charge on any atom is 0.134 e. The topological polar surface area (TPSA) is 18.5 Å². The highest BCUT2D eigenvalue weighted by molar-refractivity contribution is 9.10. The first-order valence-corrected chi connectivity index (χ1v) is 5.11. The summed E-state index contributed by atoms with van der Waals surface area (Å²) in [4.78, 5) is 0. The van der Waals surface area contributed by atoms with Crippen molar-refractivity contribution in [3.8, 4) is 5.75 Å². The molecule has 0 aliphatic carbocycles. The summed E-state index contributed by atoms with van der Waals surface area (Å²) in [5, 5.41) is 0. The zero-order chi connectivity index (χ0) is 10.4. The summed E-state index contributed by atoms with van der Waals surface area (Å²) in [6, 6.07) is 5.82. The minimum absolute atomic E-state index is 0.551. The van der Waals surface area contributed by atoms with E-state index in [-0.39, 0.29) is 0 Å². The Morgan fingerprint density at radius 1 is 1.43 bits per heavy atom. The highest BCUT2D eigenvalue weighted by Crippen LogP contribution is 2.29. The van der Waals surface area contributed by atoms with Crippen molar-refractivity contribution in [3.05, 3.63) is 34.8 Å². The van der Waals surface area contributed by atoms with Crippen molar-refractivity contribution in [3.63, 3.8) is 0 Å². The van der Waals surface area contributed by atoms with Crippen LogP contribution in [0.1, 0.15) is 5.56 Å². The molecule has 0 spiro atoms. The van der Waals surface area contributed by atoms with E-state index in [9.17, 15) is 0 Å². The third kappa shape index (κ3) is 2.86. The van der Waals surface area contributed by atoms with E-state index in [1.54, 1.807) is 13.2 Å². The third-order valence-corrected chi connectivity index (χ3v) is 2.61. The SMILES string of the molecule is C=Cc1cccc(OCCOC)c1Br. The largest absolute Gasteiger partial charge is 0.490 e. The molecule has 0 fully saturated rings. The fraction of sp³-hybridized carbons (Fsp3) is 0.273. The van der Waals surface area contributed by atoms with E-state index < -0.39 is 0 Å². The number of hydrogen-bond donors (Lipinski definition) is 0. The van der Waals surface area contributed by atoms with E-state index in [1.165, 1.54) is 0 Å². The molecule has 3 heteroatoms. The number of halogens is 1. The summed E-state index contributed by atoms with van der Waals surface area (Å²) in [5.74, 6) is 0.819. The molecular formula is C11H13BrO2. The van der Waals surface area contributed by atoms with Gasteiger partial charge in [-0.1, -0.05) is 24.8 Å². The van der Waals surface area contributed by atoms with E-state index in [2.05, 4.69) is 22.5 Å². The van der Waals surface area contributed by atoms with Crippen molar-refractivity contribution >= 4 is 22.0 Å². The van der Waals surface area contributed by atoms with Crippen molar-refractivity contribution in [2.45, 2.75) is 0 Å². The Morgan fingerprint density at radius 3 is 2.86 bits per heavy atom. The van der Waals surface area contributed by atoms with Gasteiger partial charge < -0.3 is 9.47 Å². The minimum Gasteiger partial charge on any atom is -0.490 e. The van der Waals surface area contributed by atoms with Crippen molar-refractivity contribution in [1.29, 1.82) is 0 Å². The van der Waals surface area contributed by atoms with E-state index >= 15 is 0 Å². The van der Waals surface area contributed by atoms with Crippen molar-refractivity contribution in [1.82, 2.24) is 0 Å². The summed E-state index contributed by atoms with van der Waals surface area (Å²) < 4.78 is 11.3. The van der Waals surface area contributed by atoms with Gasteiger partial charge in [0, 0.05) is 7.11 Å². The van der Waals surface area contributed by atoms with Crippen LogP contribution in [0.3, 0.4) is 0 Å². The number of benzene rings is 1. The molecule has 14 heavy (non-hydrogen) atoms. The van der Waals surface area contributed by atoms with E-state index in [4.69, 9.17) is 9.47 Å². The fourth-order valence-corrected chi connectivity index (χ4v) is 1.57. The second kappa shape index (κ2) is 5.83. The molecule has 1 aromatic rings. The normalized spacial score (nSPS) is 9.86. The molecule has 0 aliphatic heterocycles. The van der Waals surface area contributed by atoms with Crippen LogP contribution in [0.4, 0.5) is 0 Å². The van der Waals surface area contributed by atoms with Gasteiger partial charge in [0.05, 0.1) is 11.1 Å². The van der Waals surface area contributed by atoms with E-state index in [0.717, 1.165) is 15.8 Å². The van der Waals surface area contributed by atoms with E-state index in [0.29, 0.717) is 13.2 Å². The Hall–Kier alpha value is -0.800. The standard InChI is InChI=1S/C11H13BrO2/c1-3-9-5-4-6-10(11(9)12)14-8-7-13-2/h3-6H,1,7-8H2,2H3. The molecule has 0 unspecified atom stereocenters.